The van der Waals surface area contributed by atoms with Crippen molar-refractivity contribution in [3.05, 3.63) is 23.8 Å². The summed E-state index contributed by atoms with van der Waals surface area (Å²) in [5.41, 5.74) is -0.159. The van der Waals surface area contributed by atoms with E-state index in [1.807, 2.05) is 0 Å². The smallest absolute Gasteiger partial charge is 0.167 e. The Bertz CT molecular complexity index is 754. The average Bonchev–Trinajstić information content (AvgIpc) is 3.27. The number of carbonyl (C=O) groups is 1. The minimum absolute atomic E-state index is 0.0409. The summed E-state index contributed by atoms with van der Waals surface area (Å²) in [6.07, 6.45) is 11.0. The Morgan fingerprint density at radius 2 is 1.93 bits per heavy atom. The summed E-state index contributed by atoms with van der Waals surface area (Å²) in [5, 5.41) is 20.2. The van der Waals surface area contributed by atoms with Crippen molar-refractivity contribution in [3.8, 4) is 0 Å². The number of aliphatic hydroxyl groups excluding tert-OH is 2. The van der Waals surface area contributed by atoms with Gasteiger partial charge in [0.2, 0.25) is 0 Å². The summed E-state index contributed by atoms with van der Waals surface area (Å²) in [6, 6.07) is 0. The van der Waals surface area contributed by atoms with Crippen LogP contribution < -0.4 is 0 Å². The van der Waals surface area contributed by atoms with Crippen molar-refractivity contribution >= 4 is 5.78 Å². The van der Waals surface area contributed by atoms with Gasteiger partial charge < -0.3 is 14.9 Å². The summed E-state index contributed by atoms with van der Waals surface area (Å²) in [5.74, 6) is 1.81. The van der Waals surface area contributed by atoms with E-state index in [9.17, 15) is 15.0 Å². The van der Waals surface area contributed by atoms with Crippen LogP contribution in [-0.4, -0.2) is 40.4 Å². The maximum absolute atomic E-state index is 13.9. The maximum atomic E-state index is 13.9. The molecule has 8 atom stereocenters. The number of allylic oxidation sites excluding steroid dienone is 3. The molecule has 1 heterocycles. The minimum atomic E-state index is -0.525. The van der Waals surface area contributed by atoms with Gasteiger partial charge in [-0.15, -0.1) is 0 Å². The molecule has 8 unspecified atom stereocenters. The Kier molecular flexibility index (Phi) is 5.61. The van der Waals surface area contributed by atoms with Gasteiger partial charge in [-0.05, 0) is 79.8 Å². The number of carbonyl (C=O) groups excluding carboxylic acids is 1. The fourth-order valence-electron chi connectivity index (χ4n) is 7.22. The molecule has 4 heteroatoms. The summed E-state index contributed by atoms with van der Waals surface area (Å²) in [7, 11) is 0. The van der Waals surface area contributed by atoms with Gasteiger partial charge in [-0.2, -0.15) is 0 Å². The second-order valence-corrected chi connectivity index (χ2v) is 11.3. The molecule has 0 bridgehead atoms. The van der Waals surface area contributed by atoms with Crippen LogP contribution in [0.25, 0.3) is 0 Å². The van der Waals surface area contributed by atoms with Gasteiger partial charge in [0, 0.05) is 13.0 Å². The molecule has 0 amide bonds. The standard InChI is InChI=1S/C26H40O4/c1-16(2)6-7-17(3)20-8-9-21(24(20,4)12-13-27)19-14-22-26(30-22)15-18(28)10-11-25(26,5)23(19)29/h6-7,14,16-18,20-22,27-28H,8-13,15H2,1-5H3. The zero-order valence-electron chi connectivity index (χ0n) is 19.4. The van der Waals surface area contributed by atoms with Crippen LogP contribution in [0.15, 0.2) is 23.8 Å². The monoisotopic (exact) mass is 416 g/mol. The fourth-order valence-corrected chi connectivity index (χ4v) is 7.22. The molecule has 0 aromatic rings. The van der Waals surface area contributed by atoms with Gasteiger partial charge in [0.1, 0.15) is 11.7 Å². The predicted octanol–water partition coefficient (Wildman–Crippen LogP) is 4.45. The number of epoxide rings is 1. The van der Waals surface area contributed by atoms with Gasteiger partial charge in [0.05, 0.1) is 11.5 Å². The van der Waals surface area contributed by atoms with Gasteiger partial charge in [0.15, 0.2) is 5.78 Å². The average molecular weight is 417 g/mol. The molecule has 0 aromatic heterocycles. The van der Waals surface area contributed by atoms with E-state index in [-0.39, 0.29) is 35.9 Å². The number of ether oxygens (including phenoxy) is 1. The Morgan fingerprint density at radius 3 is 2.60 bits per heavy atom. The number of Topliss-reactive ketones (excluding diaryl/α,β-unsaturated/α-hetero) is 1. The zero-order valence-corrected chi connectivity index (χ0v) is 19.4. The minimum Gasteiger partial charge on any atom is -0.396 e. The second kappa shape index (κ2) is 7.56. The van der Waals surface area contributed by atoms with Crippen LogP contribution in [0.3, 0.4) is 0 Å². The highest BCUT2D eigenvalue weighted by Crippen LogP contribution is 2.65. The van der Waals surface area contributed by atoms with Crippen molar-refractivity contribution in [1.82, 2.24) is 0 Å². The number of hydrogen-bond acceptors (Lipinski definition) is 4. The lowest BCUT2D eigenvalue weighted by Gasteiger charge is -2.46. The van der Waals surface area contributed by atoms with Crippen molar-refractivity contribution in [3.63, 3.8) is 0 Å². The van der Waals surface area contributed by atoms with Gasteiger partial charge in [-0.1, -0.05) is 39.8 Å². The molecule has 168 valence electrons. The van der Waals surface area contributed by atoms with Crippen molar-refractivity contribution in [2.24, 2.45) is 34.5 Å². The topological polar surface area (TPSA) is 70.1 Å². The van der Waals surface area contributed by atoms with E-state index in [2.05, 4.69) is 52.8 Å². The Hall–Kier alpha value is -0.970. The summed E-state index contributed by atoms with van der Waals surface area (Å²) >= 11 is 0. The van der Waals surface area contributed by atoms with Gasteiger partial charge in [-0.25, -0.2) is 0 Å². The van der Waals surface area contributed by atoms with E-state index in [0.29, 0.717) is 37.0 Å². The van der Waals surface area contributed by atoms with Crippen LogP contribution in [0, 0.1) is 34.5 Å². The number of aliphatic hydroxyl groups is 2. The first-order valence-corrected chi connectivity index (χ1v) is 12.0. The van der Waals surface area contributed by atoms with E-state index in [1.54, 1.807) is 0 Å². The van der Waals surface area contributed by atoms with Crippen LogP contribution in [-0.2, 0) is 9.53 Å². The van der Waals surface area contributed by atoms with Crippen molar-refractivity contribution in [2.75, 3.05) is 6.61 Å². The molecule has 3 aliphatic carbocycles. The molecule has 4 nitrogen and oxygen atoms in total. The zero-order chi connectivity index (χ0) is 21.9. The second-order valence-electron chi connectivity index (χ2n) is 11.3. The highest BCUT2D eigenvalue weighted by molar-refractivity contribution is 6.03. The first-order chi connectivity index (χ1) is 14.1. The van der Waals surface area contributed by atoms with Crippen LogP contribution in [0.2, 0.25) is 0 Å². The largest absolute Gasteiger partial charge is 0.396 e. The van der Waals surface area contributed by atoms with E-state index in [0.717, 1.165) is 24.8 Å². The van der Waals surface area contributed by atoms with Gasteiger partial charge >= 0.3 is 0 Å². The number of ketones is 1. The molecule has 4 aliphatic rings. The van der Waals surface area contributed by atoms with Crippen LogP contribution >= 0.6 is 0 Å². The quantitative estimate of drug-likeness (QED) is 0.496. The van der Waals surface area contributed by atoms with Crippen LogP contribution in [0.5, 0.6) is 0 Å². The third-order valence-electron chi connectivity index (χ3n) is 9.15. The Balaban J connectivity index is 1.65. The molecule has 2 N–H and O–H groups in total. The Morgan fingerprint density at radius 1 is 1.20 bits per heavy atom. The van der Waals surface area contributed by atoms with Crippen molar-refractivity contribution in [2.45, 2.75) is 91.0 Å². The molecular formula is C26H40O4. The highest BCUT2D eigenvalue weighted by atomic mass is 16.6. The lowest BCUT2D eigenvalue weighted by molar-refractivity contribution is -0.134. The van der Waals surface area contributed by atoms with E-state index in [4.69, 9.17) is 4.74 Å². The van der Waals surface area contributed by atoms with Gasteiger partial charge in [0.25, 0.3) is 0 Å². The predicted molar refractivity (Wildman–Crippen MR) is 118 cm³/mol. The van der Waals surface area contributed by atoms with Crippen molar-refractivity contribution in [1.29, 1.82) is 0 Å². The molecule has 0 aromatic carbocycles. The molecule has 1 aliphatic heterocycles. The van der Waals surface area contributed by atoms with Crippen LogP contribution in [0.1, 0.15) is 73.1 Å². The molecule has 4 rings (SSSR count). The number of hydrogen-bond donors (Lipinski definition) is 2. The molecule has 1 spiro atoms. The fraction of sp³-hybridized carbons (Fsp3) is 0.808. The molecule has 30 heavy (non-hydrogen) atoms. The Labute approximate surface area is 181 Å². The van der Waals surface area contributed by atoms with Crippen molar-refractivity contribution < 1.29 is 19.7 Å². The van der Waals surface area contributed by atoms with E-state index < -0.39 is 11.0 Å². The molecule has 0 radical (unpaired) electrons. The maximum Gasteiger partial charge on any atom is 0.167 e. The third-order valence-corrected chi connectivity index (χ3v) is 9.15. The molecular weight excluding hydrogens is 376 g/mol. The lowest BCUT2D eigenvalue weighted by Crippen LogP contribution is -2.53. The number of rotatable bonds is 6. The summed E-state index contributed by atoms with van der Waals surface area (Å²) < 4.78 is 6.15. The third kappa shape index (κ3) is 3.17. The first-order valence-electron chi connectivity index (χ1n) is 12.0. The lowest BCUT2D eigenvalue weighted by atomic mass is 9.55. The normalized spacial score (nSPS) is 46.7. The van der Waals surface area contributed by atoms with E-state index in [1.165, 1.54) is 0 Å². The first kappa shape index (κ1) is 22.2. The molecule has 3 fully saturated rings. The van der Waals surface area contributed by atoms with Crippen LogP contribution in [0.4, 0.5) is 0 Å². The molecule has 1 saturated heterocycles. The summed E-state index contributed by atoms with van der Waals surface area (Å²) in [6.45, 7) is 11.2. The van der Waals surface area contributed by atoms with Gasteiger partial charge in [-0.3, -0.25) is 4.79 Å². The summed E-state index contributed by atoms with van der Waals surface area (Å²) in [4.78, 5) is 13.9. The van der Waals surface area contributed by atoms with E-state index >= 15 is 0 Å². The molecule has 2 saturated carbocycles. The SMILES string of the molecule is CC(C)C=CC(C)C1CCC(C2=CC3OC34CC(O)CCC4(C)C2=O)C1(C)CCO. The highest BCUT2D eigenvalue weighted by Gasteiger charge is 2.73.